The summed E-state index contributed by atoms with van der Waals surface area (Å²) in [6.45, 7) is 1.52. The Balaban J connectivity index is 2.20. The third kappa shape index (κ3) is 2.76. The van der Waals surface area contributed by atoms with Gasteiger partial charge in [-0.2, -0.15) is 0 Å². The minimum atomic E-state index is 0.0193. The van der Waals surface area contributed by atoms with E-state index in [2.05, 4.69) is 5.32 Å². The predicted octanol–water partition coefficient (Wildman–Crippen LogP) is 1.84. The molecule has 1 heterocycles. The summed E-state index contributed by atoms with van der Waals surface area (Å²) in [6.07, 6.45) is 0.457. The number of nitrogens with one attached hydrogen (secondary N) is 1. The maximum atomic E-state index is 11.8. The van der Waals surface area contributed by atoms with Crippen LogP contribution in [0.25, 0.3) is 0 Å². The van der Waals surface area contributed by atoms with Crippen LogP contribution in [0.5, 0.6) is 5.75 Å². The maximum Gasteiger partial charge on any atom is 0.224 e. The Kier molecular flexibility index (Phi) is 4.09. The van der Waals surface area contributed by atoms with Crippen molar-refractivity contribution in [3.8, 4) is 5.75 Å². The second-order valence-corrected chi connectivity index (χ2v) is 4.83. The fourth-order valence-corrected chi connectivity index (χ4v) is 2.34. The Bertz CT molecular complexity index is 451. The molecule has 1 aromatic carbocycles. The van der Waals surface area contributed by atoms with Crippen LogP contribution in [0.2, 0.25) is 5.02 Å². The molecular formula is C13H17ClN2O2. The van der Waals surface area contributed by atoms with E-state index in [0.29, 0.717) is 17.2 Å². The van der Waals surface area contributed by atoms with E-state index in [1.807, 2.05) is 25.2 Å². The van der Waals surface area contributed by atoms with Crippen LogP contribution in [0, 0.1) is 0 Å². The van der Waals surface area contributed by atoms with Gasteiger partial charge in [0.1, 0.15) is 5.75 Å². The SMILES string of the molecule is COc1ccc(C2CC(=O)N(C)CCN2)cc1Cl. The highest BCUT2D eigenvalue weighted by Gasteiger charge is 2.22. The number of carbonyl (C=O) groups excluding carboxylic acids is 1. The molecule has 1 saturated heterocycles. The van der Waals surface area contributed by atoms with Crippen molar-refractivity contribution in [2.75, 3.05) is 27.2 Å². The van der Waals surface area contributed by atoms with E-state index in [9.17, 15) is 4.79 Å². The van der Waals surface area contributed by atoms with E-state index < -0.39 is 0 Å². The monoisotopic (exact) mass is 268 g/mol. The lowest BCUT2D eigenvalue weighted by molar-refractivity contribution is -0.129. The van der Waals surface area contributed by atoms with Gasteiger partial charge in [0.2, 0.25) is 5.91 Å². The quantitative estimate of drug-likeness (QED) is 0.890. The zero-order chi connectivity index (χ0) is 13.1. The van der Waals surface area contributed by atoms with Gasteiger partial charge in [-0.15, -0.1) is 0 Å². The van der Waals surface area contributed by atoms with Gasteiger partial charge in [-0.25, -0.2) is 0 Å². The summed E-state index contributed by atoms with van der Waals surface area (Å²) in [5.41, 5.74) is 1.02. The van der Waals surface area contributed by atoms with E-state index in [4.69, 9.17) is 16.3 Å². The number of ether oxygens (including phenoxy) is 1. The molecule has 1 fully saturated rings. The van der Waals surface area contributed by atoms with Crippen molar-refractivity contribution < 1.29 is 9.53 Å². The molecular weight excluding hydrogens is 252 g/mol. The number of likely N-dealkylation sites (N-methyl/N-ethyl adjacent to an activating group) is 1. The van der Waals surface area contributed by atoms with Gasteiger partial charge in [0.25, 0.3) is 0 Å². The molecule has 0 saturated carbocycles. The van der Waals surface area contributed by atoms with Crippen LogP contribution in [0.15, 0.2) is 18.2 Å². The normalized spacial score (nSPS) is 20.7. The van der Waals surface area contributed by atoms with E-state index in [0.717, 1.165) is 18.7 Å². The average Bonchev–Trinajstić information content (AvgIpc) is 2.52. The van der Waals surface area contributed by atoms with Gasteiger partial charge in [0, 0.05) is 32.6 Å². The van der Waals surface area contributed by atoms with Crippen LogP contribution in [0.1, 0.15) is 18.0 Å². The number of hydrogen-bond acceptors (Lipinski definition) is 3. The Hall–Kier alpha value is -1.26. The number of nitrogens with zero attached hydrogens (tertiary/aromatic N) is 1. The lowest BCUT2D eigenvalue weighted by atomic mass is 10.0. The third-order valence-electron chi connectivity index (χ3n) is 3.22. The van der Waals surface area contributed by atoms with Gasteiger partial charge >= 0.3 is 0 Å². The second kappa shape index (κ2) is 5.59. The van der Waals surface area contributed by atoms with Crippen LogP contribution in [0.3, 0.4) is 0 Å². The fraction of sp³-hybridized carbons (Fsp3) is 0.462. The van der Waals surface area contributed by atoms with Crippen molar-refractivity contribution in [1.82, 2.24) is 10.2 Å². The van der Waals surface area contributed by atoms with Gasteiger partial charge < -0.3 is 15.0 Å². The van der Waals surface area contributed by atoms with E-state index in [1.54, 1.807) is 12.0 Å². The molecule has 0 bridgehead atoms. The van der Waals surface area contributed by atoms with E-state index in [1.165, 1.54) is 0 Å². The number of halogens is 1. The first-order valence-electron chi connectivity index (χ1n) is 5.92. The summed E-state index contributed by atoms with van der Waals surface area (Å²) in [5, 5.41) is 3.93. The van der Waals surface area contributed by atoms with Crippen LogP contribution >= 0.6 is 11.6 Å². The molecule has 0 aliphatic carbocycles. The van der Waals surface area contributed by atoms with Gasteiger partial charge in [-0.05, 0) is 17.7 Å². The van der Waals surface area contributed by atoms with Crippen LogP contribution < -0.4 is 10.1 Å². The molecule has 1 unspecified atom stereocenters. The molecule has 1 N–H and O–H groups in total. The summed E-state index contributed by atoms with van der Waals surface area (Å²) >= 11 is 6.11. The van der Waals surface area contributed by atoms with Crippen molar-refractivity contribution in [1.29, 1.82) is 0 Å². The smallest absolute Gasteiger partial charge is 0.224 e. The second-order valence-electron chi connectivity index (χ2n) is 4.42. The number of carbonyl (C=O) groups is 1. The number of hydrogen-bond donors (Lipinski definition) is 1. The molecule has 1 atom stereocenters. The molecule has 98 valence electrons. The van der Waals surface area contributed by atoms with E-state index >= 15 is 0 Å². The topological polar surface area (TPSA) is 41.6 Å². The third-order valence-corrected chi connectivity index (χ3v) is 3.52. The molecule has 0 radical (unpaired) electrons. The average molecular weight is 269 g/mol. The highest BCUT2D eigenvalue weighted by molar-refractivity contribution is 6.32. The lowest BCUT2D eigenvalue weighted by Crippen LogP contribution is -2.27. The van der Waals surface area contributed by atoms with Crippen LogP contribution in [-0.4, -0.2) is 38.1 Å². The molecule has 0 spiro atoms. The summed E-state index contributed by atoms with van der Waals surface area (Å²) in [6, 6.07) is 5.65. The van der Waals surface area contributed by atoms with Crippen molar-refractivity contribution in [2.24, 2.45) is 0 Å². The molecule has 2 rings (SSSR count). The maximum absolute atomic E-state index is 11.8. The van der Waals surface area contributed by atoms with Crippen molar-refractivity contribution in [2.45, 2.75) is 12.5 Å². The van der Waals surface area contributed by atoms with Gasteiger partial charge in [-0.1, -0.05) is 17.7 Å². The van der Waals surface area contributed by atoms with Gasteiger partial charge in [0.15, 0.2) is 0 Å². The number of methoxy groups -OCH3 is 1. The Morgan fingerprint density at radius 2 is 2.28 bits per heavy atom. The minimum Gasteiger partial charge on any atom is -0.495 e. The first kappa shape index (κ1) is 13.2. The molecule has 4 nitrogen and oxygen atoms in total. The highest BCUT2D eigenvalue weighted by atomic mass is 35.5. The molecule has 5 heteroatoms. The first-order valence-corrected chi connectivity index (χ1v) is 6.30. The van der Waals surface area contributed by atoms with Crippen LogP contribution in [-0.2, 0) is 4.79 Å². The number of amides is 1. The van der Waals surface area contributed by atoms with Gasteiger partial charge in [-0.3, -0.25) is 4.79 Å². The predicted molar refractivity (Wildman–Crippen MR) is 71.0 cm³/mol. The molecule has 0 aromatic heterocycles. The summed E-state index contributed by atoms with van der Waals surface area (Å²) < 4.78 is 5.12. The largest absolute Gasteiger partial charge is 0.495 e. The summed E-state index contributed by atoms with van der Waals surface area (Å²) in [5.74, 6) is 0.800. The summed E-state index contributed by atoms with van der Waals surface area (Å²) in [7, 11) is 3.41. The molecule has 18 heavy (non-hydrogen) atoms. The Morgan fingerprint density at radius 3 is 2.94 bits per heavy atom. The molecule has 1 aliphatic rings. The van der Waals surface area contributed by atoms with Gasteiger partial charge in [0.05, 0.1) is 12.1 Å². The fourth-order valence-electron chi connectivity index (χ4n) is 2.07. The first-order chi connectivity index (χ1) is 8.61. The standard InChI is InChI=1S/C13H17ClN2O2/c1-16-6-5-15-11(8-13(16)17)9-3-4-12(18-2)10(14)7-9/h3-4,7,11,15H,5-6,8H2,1-2H3. The lowest BCUT2D eigenvalue weighted by Gasteiger charge is -2.16. The number of benzene rings is 1. The molecule has 1 aromatic rings. The van der Waals surface area contributed by atoms with E-state index in [-0.39, 0.29) is 11.9 Å². The zero-order valence-electron chi connectivity index (χ0n) is 10.6. The van der Waals surface area contributed by atoms with Crippen LogP contribution in [0.4, 0.5) is 0 Å². The minimum absolute atomic E-state index is 0.0193. The van der Waals surface area contributed by atoms with Crippen molar-refractivity contribution in [3.63, 3.8) is 0 Å². The Morgan fingerprint density at radius 1 is 1.50 bits per heavy atom. The molecule has 1 amide bonds. The van der Waals surface area contributed by atoms with Crippen molar-refractivity contribution in [3.05, 3.63) is 28.8 Å². The zero-order valence-corrected chi connectivity index (χ0v) is 11.3. The molecule has 1 aliphatic heterocycles. The Labute approximate surface area is 112 Å². The highest BCUT2D eigenvalue weighted by Crippen LogP contribution is 2.29. The number of rotatable bonds is 2. The summed E-state index contributed by atoms with van der Waals surface area (Å²) in [4.78, 5) is 13.6. The van der Waals surface area contributed by atoms with Crippen molar-refractivity contribution >= 4 is 17.5 Å².